The summed E-state index contributed by atoms with van der Waals surface area (Å²) in [4.78, 5) is 17.2. The lowest BCUT2D eigenvalue weighted by Crippen LogP contribution is -2.35. The average Bonchev–Trinajstić information content (AvgIpc) is 2.42. The van der Waals surface area contributed by atoms with E-state index in [1.54, 1.807) is 0 Å². The van der Waals surface area contributed by atoms with E-state index in [1.807, 2.05) is 100 Å². The second kappa shape index (κ2) is 7.68. The molecule has 0 aromatic heterocycles. The maximum absolute atomic E-state index is 4.65. The van der Waals surface area contributed by atoms with Gasteiger partial charge in [0, 0.05) is 56.4 Å². The Bertz CT molecular complexity index is 457. The molecule has 0 N–H and O–H groups in total. The van der Waals surface area contributed by atoms with Crippen LogP contribution in [0.25, 0.3) is 0 Å². The third kappa shape index (κ3) is 4.95. The Morgan fingerprint density at radius 1 is 0.545 bits per heavy atom. The molecule has 0 aliphatic carbocycles. The highest BCUT2D eigenvalue weighted by molar-refractivity contribution is 5.83. The van der Waals surface area contributed by atoms with Crippen molar-refractivity contribution in [3.63, 3.8) is 0 Å². The van der Waals surface area contributed by atoms with Gasteiger partial charge in [-0.3, -0.25) is 0 Å². The van der Waals surface area contributed by atoms with Crippen molar-refractivity contribution >= 4 is 23.3 Å². The molecule has 0 fully saturated rings. The number of benzene rings is 1. The van der Waals surface area contributed by atoms with Crippen molar-refractivity contribution in [1.82, 2.24) is 19.6 Å². The quantitative estimate of drug-likeness (QED) is 0.618. The Labute approximate surface area is 134 Å². The number of aliphatic imine (C=N–C) groups is 2. The number of hydrogen-bond acceptors (Lipinski definition) is 2. The first-order chi connectivity index (χ1) is 10.2. The highest BCUT2D eigenvalue weighted by atomic mass is 15.3. The van der Waals surface area contributed by atoms with E-state index in [4.69, 9.17) is 0 Å². The normalized spacial score (nSPS) is 9.82. The molecule has 6 nitrogen and oxygen atoms in total. The highest BCUT2D eigenvalue weighted by Crippen LogP contribution is 2.20. The molecule has 6 heteroatoms. The van der Waals surface area contributed by atoms with Gasteiger partial charge in [0.1, 0.15) is 0 Å². The van der Waals surface area contributed by atoms with Gasteiger partial charge in [0.05, 0.1) is 11.4 Å². The molecule has 0 saturated heterocycles. The molecule has 0 bridgehead atoms. The minimum absolute atomic E-state index is 0.901. The average molecular weight is 304 g/mol. The monoisotopic (exact) mass is 304 g/mol. The molecule has 0 atom stereocenters. The van der Waals surface area contributed by atoms with Crippen molar-refractivity contribution in [1.29, 1.82) is 0 Å². The van der Waals surface area contributed by atoms with Crippen molar-refractivity contribution in [2.45, 2.75) is 0 Å². The SMILES string of the molecule is CN(C)C(=Nc1ccc(N=C(N(C)C)N(C)C)cc1)N(C)C. The van der Waals surface area contributed by atoms with E-state index < -0.39 is 0 Å². The Kier molecular flexibility index (Phi) is 6.22. The third-order valence-electron chi connectivity index (χ3n) is 2.91. The maximum Gasteiger partial charge on any atom is 0.200 e. The molecular formula is C16H28N6. The Morgan fingerprint density at radius 3 is 0.955 bits per heavy atom. The van der Waals surface area contributed by atoms with Gasteiger partial charge in [0.2, 0.25) is 11.9 Å². The summed E-state index contributed by atoms with van der Waals surface area (Å²) in [6.07, 6.45) is 0. The fraction of sp³-hybridized carbons (Fsp3) is 0.500. The molecule has 1 aromatic rings. The van der Waals surface area contributed by atoms with Crippen molar-refractivity contribution < 1.29 is 0 Å². The van der Waals surface area contributed by atoms with Gasteiger partial charge in [-0.2, -0.15) is 0 Å². The molecule has 0 aliphatic heterocycles. The van der Waals surface area contributed by atoms with Crippen molar-refractivity contribution in [3.05, 3.63) is 24.3 Å². The van der Waals surface area contributed by atoms with Gasteiger partial charge in [-0.15, -0.1) is 0 Å². The third-order valence-corrected chi connectivity index (χ3v) is 2.91. The summed E-state index contributed by atoms with van der Waals surface area (Å²) in [5, 5.41) is 0. The van der Waals surface area contributed by atoms with Crippen LogP contribution in [0.2, 0.25) is 0 Å². The van der Waals surface area contributed by atoms with Crippen LogP contribution in [0.15, 0.2) is 34.3 Å². The summed E-state index contributed by atoms with van der Waals surface area (Å²) in [6, 6.07) is 7.92. The minimum Gasteiger partial charge on any atom is -0.349 e. The standard InChI is InChI=1S/C16H28N6/c1-19(2)15(20(3)4)17-13-9-11-14(12-10-13)18-16(21(5)6)22(7)8/h9-12H,1-8H3. The van der Waals surface area contributed by atoms with Crippen LogP contribution in [-0.4, -0.2) is 87.9 Å². The van der Waals surface area contributed by atoms with E-state index >= 15 is 0 Å². The lowest BCUT2D eigenvalue weighted by atomic mass is 10.3. The summed E-state index contributed by atoms with van der Waals surface area (Å²) in [5.74, 6) is 1.80. The van der Waals surface area contributed by atoms with Gasteiger partial charge in [-0.25, -0.2) is 9.98 Å². The summed E-state index contributed by atoms with van der Waals surface area (Å²) in [6.45, 7) is 0. The lowest BCUT2D eigenvalue weighted by Gasteiger charge is -2.23. The predicted octanol–water partition coefficient (Wildman–Crippen LogP) is 1.91. The van der Waals surface area contributed by atoms with E-state index in [0.717, 1.165) is 23.3 Å². The molecule has 0 aliphatic rings. The van der Waals surface area contributed by atoms with Gasteiger partial charge >= 0.3 is 0 Å². The van der Waals surface area contributed by atoms with E-state index in [0.29, 0.717) is 0 Å². The number of hydrogen-bond donors (Lipinski definition) is 0. The Morgan fingerprint density at radius 2 is 0.773 bits per heavy atom. The largest absolute Gasteiger partial charge is 0.349 e. The molecule has 0 radical (unpaired) electrons. The van der Waals surface area contributed by atoms with Crippen LogP contribution in [0.3, 0.4) is 0 Å². The molecule has 0 amide bonds. The fourth-order valence-electron chi connectivity index (χ4n) is 2.03. The van der Waals surface area contributed by atoms with Crippen molar-refractivity contribution in [2.24, 2.45) is 9.98 Å². The van der Waals surface area contributed by atoms with Crippen molar-refractivity contribution in [3.8, 4) is 0 Å². The van der Waals surface area contributed by atoms with Crippen LogP contribution in [-0.2, 0) is 0 Å². The number of guanidine groups is 2. The van der Waals surface area contributed by atoms with Gasteiger partial charge < -0.3 is 19.6 Å². The first-order valence-corrected chi connectivity index (χ1v) is 7.19. The van der Waals surface area contributed by atoms with Gasteiger partial charge in [0.15, 0.2) is 0 Å². The van der Waals surface area contributed by atoms with Crippen LogP contribution >= 0.6 is 0 Å². The Hall–Kier alpha value is -2.24. The smallest absolute Gasteiger partial charge is 0.200 e. The maximum atomic E-state index is 4.65. The molecule has 0 saturated carbocycles. The molecule has 1 aromatic carbocycles. The first-order valence-electron chi connectivity index (χ1n) is 7.19. The zero-order chi connectivity index (χ0) is 16.9. The zero-order valence-electron chi connectivity index (χ0n) is 15.0. The molecule has 0 heterocycles. The van der Waals surface area contributed by atoms with Gasteiger partial charge in [-0.05, 0) is 24.3 Å². The van der Waals surface area contributed by atoms with Gasteiger partial charge in [-0.1, -0.05) is 0 Å². The predicted molar refractivity (Wildman–Crippen MR) is 95.4 cm³/mol. The number of nitrogens with zero attached hydrogens (tertiary/aromatic N) is 6. The summed E-state index contributed by atoms with van der Waals surface area (Å²) >= 11 is 0. The second-order valence-corrected chi connectivity index (χ2v) is 5.92. The summed E-state index contributed by atoms with van der Waals surface area (Å²) < 4.78 is 0. The topological polar surface area (TPSA) is 37.7 Å². The van der Waals surface area contributed by atoms with E-state index in [-0.39, 0.29) is 0 Å². The first kappa shape index (κ1) is 17.8. The second-order valence-electron chi connectivity index (χ2n) is 5.92. The molecule has 0 unspecified atom stereocenters. The van der Waals surface area contributed by atoms with Crippen molar-refractivity contribution in [2.75, 3.05) is 56.4 Å². The molecule has 0 spiro atoms. The summed E-state index contributed by atoms with van der Waals surface area (Å²) in [5.41, 5.74) is 1.82. The fourth-order valence-corrected chi connectivity index (χ4v) is 2.03. The highest BCUT2D eigenvalue weighted by Gasteiger charge is 2.06. The number of rotatable bonds is 2. The van der Waals surface area contributed by atoms with E-state index in [1.165, 1.54) is 0 Å². The minimum atomic E-state index is 0.901. The van der Waals surface area contributed by atoms with E-state index in [9.17, 15) is 0 Å². The van der Waals surface area contributed by atoms with Crippen LogP contribution in [0.5, 0.6) is 0 Å². The van der Waals surface area contributed by atoms with Crippen LogP contribution < -0.4 is 0 Å². The molecular weight excluding hydrogens is 276 g/mol. The van der Waals surface area contributed by atoms with Crippen LogP contribution in [0.1, 0.15) is 0 Å². The lowest BCUT2D eigenvalue weighted by molar-refractivity contribution is 0.484. The Balaban J connectivity index is 3.05. The molecule has 22 heavy (non-hydrogen) atoms. The molecule has 122 valence electrons. The zero-order valence-corrected chi connectivity index (χ0v) is 15.0. The molecule has 1 rings (SSSR count). The van der Waals surface area contributed by atoms with Crippen LogP contribution in [0.4, 0.5) is 11.4 Å². The van der Waals surface area contributed by atoms with E-state index in [2.05, 4.69) is 9.98 Å². The van der Waals surface area contributed by atoms with Gasteiger partial charge in [0.25, 0.3) is 0 Å². The van der Waals surface area contributed by atoms with Crippen LogP contribution in [0, 0.1) is 0 Å². The summed E-state index contributed by atoms with van der Waals surface area (Å²) in [7, 11) is 15.9.